The van der Waals surface area contributed by atoms with Crippen molar-refractivity contribution in [2.45, 2.75) is 85.6 Å². The lowest BCUT2D eigenvalue weighted by molar-refractivity contribution is -0.136. The normalized spacial score (nSPS) is 11.1. The quantitative estimate of drug-likeness (QED) is 0.133. The molecule has 0 unspecified atom stereocenters. The maximum absolute atomic E-state index is 13.7. The molecular weight excluding hydrogens is 548 g/mol. The lowest BCUT2D eigenvalue weighted by atomic mass is 9.86. The minimum Gasteiger partial charge on any atom is -0.352 e. The van der Waals surface area contributed by atoms with E-state index in [1.807, 2.05) is 13.8 Å². The van der Waals surface area contributed by atoms with Crippen LogP contribution in [0.5, 0.6) is 0 Å². The van der Waals surface area contributed by atoms with Gasteiger partial charge in [0.15, 0.2) is 11.6 Å². The van der Waals surface area contributed by atoms with Crippen LogP contribution in [0, 0.1) is 19.8 Å². The number of carbonyl (C=O) groups excluding carboxylic acids is 4. The number of hydrogen-bond donors (Lipinski definition) is 1. The van der Waals surface area contributed by atoms with Crippen LogP contribution in [0.3, 0.4) is 0 Å². The van der Waals surface area contributed by atoms with Gasteiger partial charge in [-0.2, -0.15) is 0 Å². The van der Waals surface area contributed by atoms with E-state index in [0.29, 0.717) is 36.9 Å². The molecule has 3 aromatic rings. The third-order valence-corrected chi connectivity index (χ3v) is 8.12. The van der Waals surface area contributed by atoms with Gasteiger partial charge in [0.25, 0.3) is 5.91 Å². The summed E-state index contributed by atoms with van der Waals surface area (Å²) in [5.41, 5.74) is 5.98. The molecule has 2 amide bonds. The largest absolute Gasteiger partial charge is 0.352 e. The van der Waals surface area contributed by atoms with E-state index in [2.05, 4.69) is 67.7 Å². The molecule has 44 heavy (non-hydrogen) atoms. The number of benzene rings is 3. The second-order valence-corrected chi connectivity index (χ2v) is 12.1. The predicted octanol–water partition coefficient (Wildman–Crippen LogP) is 7.09. The molecule has 0 spiro atoms. The van der Waals surface area contributed by atoms with E-state index in [0.717, 1.165) is 25.7 Å². The van der Waals surface area contributed by atoms with Gasteiger partial charge >= 0.3 is 0 Å². The Labute approximate surface area is 263 Å². The van der Waals surface area contributed by atoms with Crippen molar-refractivity contribution in [2.75, 3.05) is 13.1 Å². The van der Waals surface area contributed by atoms with E-state index in [4.69, 9.17) is 0 Å². The van der Waals surface area contributed by atoms with E-state index < -0.39 is 0 Å². The van der Waals surface area contributed by atoms with Crippen molar-refractivity contribution in [1.82, 2.24) is 10.2 Å². The summed E-state index contributed by atoms with van der Waals surface area (Å²) in [6, 6.07) is 23.8. The fourth-order valence-corrected chi connectivity index (χ4v) is 5.24. The maximum atomic E-state index is 13.7. The molecule has 6 heteroatoms. The molecule has 0 fully saturated rings. The topological polar surface area (TPSA) is 83.6 Å². The Morgan fingerprint density at radius 1 is 0.727 bits per heavy atom. The Kier molecular flexibility index (Phi) is 13.5. The zero-order valence-corrected chi connectivity index (χ0v) is 27.0. The molecule has 0 aliphatic carbocycles. The lowest BCUT2D eigenvalue weighted by Crippen LogP contribution is -2.40. The zero-order chi connectivity index (χ0) is 32.1. The van der Waals surface area contributed by atoms with Crippen LogP contribution < -0.4 is 5.32 Å². The van der Waals surface area contributed by atoms with Crippen LogP contribution in [-0.2, 0) is 22.4 Å². The van der Waals surface area contributed by atoms with Crippen molar-refractivity contribution in [2.24, 2.45) is 5.92 Å². The second kappa shape index (κ2) is 17.3. The van der Waals surface area contributed by atoms with Gasteiger partial charge in [-0.1, -0.05) is 78.7 Å². The summed E-state index contributed by atoms with van der Waals surface area (Å²) < 4.78 is 0. The number of hydrogen-bond acceptors (Lipinski definition) is 4. The maximum Gasteiger partial charge on any atom is 0.251 e. The molecule has 0 radical (unpaired) electrons. The molecule has 3 rings (SSSR count). The van der Waals surface area contributed by atoms with E-state index >= 15 is 0 Å². The minimum atomic E-state index is -0.239. The number of Topliss-reactive ketones (excluding diaryl/α,β-unsaturated/α-hetero) is 2. The second-order valence-electron chi connectivity index (χ2n) is 12.1. The smallest absolute Gasteiger partial charge is 0.251 e. The van der Waals surface area contributed by atoms with E-state index in [1.165, 1.54) is 22.3 Å². The summed E-state index contributed by atoms with van der Waals surface area (Å²) in [6.07, 6.45) is 4.34. The summed E-state index contributed by atoms with van der Waals surface area (Å²) in [5.74, 6) is -0.318. The Morgan fingerprint density at radius 3 is 1.70 bits per heavy atom. The molecule has 6 nitrogen and oxygen atoms in total. The number of ketones is 2. The van der Waals surface area contributed by atoms with Gasteiger partial charge in [-0.3, -0.25) is 19.2 Å². The number of nitrogens with one attached hydrogen (secondary N) is 1. The molecule has 0 heterocycles. The predicted molar refractivity (Wildman–Crippen MR) is 177 cm³/mol. The van der Waals surface area contributed by atoms with Gasteiger partial charge in [0, 0.05) is 42.5 Å². The molecule has 0 saturated heterocycles. The van der Waals surface area contributed by atoms with Crippen molar-refractivity contribution in [3.05, 3.63) is 106 Å². The molecule has 0 bridgehead atoms. The van der Waals surface area contributed by atoms with Crippen molar-refractivity contribution < 1.29 is 19.2 Å². The number of amides is 2. The lowest BCUT2D eigenvalue weighted by Gasteiger charge is -2.25. The van der Waals surface area contributed by atoms with Gasteiger partial charge in [0.1, 0.15) is 0 Å². The monoisotopic (exact) mass is 596 g/mol. The van der Waals surface area contributed by atoms with Gasteiger partial charge in [-0.25, -0.2) is 0 Å². The Morgan fingerprint density at radius 2 is 1.23 bits per heavy atom. The van der Waals surface area contributed by atoms with Crippen LogP contribution in [0.25, 0.3) is 0 Å². The summed E-state index contributed by atoms with van der Waals surface area (Å²) in [6.45, 7) is 10.2. The standard InChI is InChI=1S/C38H48N2O4/c1-6-36(42)40(27(2)3)26-35(41)8-7-25-39-38(44)34-23-21-33(22-24-34)37(43)32(19-17-30-13-9-28(4)10-14-30)20-18-31-15-11-29(5)12-16-31/h9-16,21-24,27,32H,6-8,17-20,25-26H2,1-5H3,(H,39,44). The fourth-order valence-electron chi connectivity index (χ4n) is 5.24. The first-order chi connectivity index (χ1) is 21.1. The van der Waals surface area contributed by atoms with Crippen molar-refractivity contribution in [3.63, 3.8) is 0 Å². The number of carbonyl (C=O) groups is 4. The summed E-state index contributed by atoms with van der Waals surface area (Å²) >= 11 is 0. The minimum absolute atomic E-state index is 0.0167. The third kappa shape index (κ3) is 10.9. The Hall–Kier alpha value is -4.06. The third-order valence-electron chi connectivity index (χ3n) is 8.12. The summed E-state index contributed by atoms with van der Waals surface area (Å²) in [7, 11) is 0. The first-order valence-electron chi connectivity index (χ1n) is 15.9. The van der Waals surface area contributed by atoms with Gasteiger partial charge in [-0.05, 0) is 83.1 Å². The SMILES string of the molecule is CCC(=O)N(CC(=O)CCCNC(=O)c1ccc(C(=O)C(CCc2ccc(C)cc2)CCc2ccc(C)cc2)cc1)C(C)C. The Bertz CT molecular complexity index is 1330. The van der Waals surface area contributed by atoms with Crippen LogP contribution in [0.2, 0.25) is 0 Å². The number of aryl methyl sites for hydroxylation is 4. The average Bonchev–Trinajstić information content (AvgIpc) is 3.02. The van der Waals surface area contributed by atoms with E-state index in [-0.39, 0.29) is 41.9 Å². The number of rotatable bonds is 17. The van der Waals surface area contributed by atoms with Crippen LogP contribution >= 0.6 is 0 Å². The van der Waals surface area contributed by atoms with Crippen LogP contribution in [0.4, 0.5) is 0 Å². The molecule has 0 aliphatic rings. The highest BCUT2D eigenvalue weighted by Crippen LogP contribution is 2.22. The van der Waals surface area contributed by atoms with Gasteiger partial charge in [0.2, 0.25) is 5.91 Å². The van der Waals surface area contributed by atoms with Crippen molar-refractivity contribution in [1.29, 1.82) is 0 Å². The summed E-state index contributed by atoms with van der Waals surface area (Å²) in [4.78, 5) is 52.5. The van der Waals surface area contributed by atoms with Crippen LogP contribution in [-0.4, -0.2) is 47.4 Å². The van der Waals surface area contributed by atoms with Gasteiger partial charge in [-0.15, -0.1) is 0 Å². The molecule has 0 atom stereocenters. The molecule has 0 aromatic heterocycles. The number of nitrogens with zero attached hydrogens (tertiary/aromatic N) is 1. The van der Waals surface area contributed by atoms with Crippen LogP contribution in [0.1, 0.15) is 95.8 Å². The molecule has 1 N–H and O–H groups in total. The fraction of sp³-hybridized carbons (Fsp3) is 0.421. The van der Waals surface area contributed by atoms with Gasteiger partial charge < -0.3 is 10.2 Å². The van der Waals surface area contributed by atoms with E-state index in [9.17, 15) is 19.2 Å². The highest BCUT2D eigenvalue weighted by atomic mass is 16.2. The molecular formula is C38H48N2O4. The van der Waals surface area contributed by atoms with Crippen LogP contribution in [0.15, 0.2) is 72.8 Å². The van der Waals surface area contributed by atoms with Crippen molar-refractivity contribution in [3.8, 4) is 0 Å². The molecule has 3 aromatic carbocycles. The summed E-state index contributed by atoms with van der Waals surface area (Å²) in [5, 5.41) is 2.86. The molecule has 0 aliphatic heterocycles. The van der Waals surface area contributed by atoms with Gasteiger partial charge in [0.05, 0.1) is 6.54 Å². The molecule has 234 valence electrons. The average molecular weight is 597 g/mol. The first-order valence-corrected chi connectivity index (χ1v) is 15.9. The Balaban J connectivity index is 1.55. The first kappa shape index (κ1) is 34.4. The highest BCUT2D eigenvalue weighted by molar-refractivity contribution is 6.00. The highest BCUT2D eigenvalue weighted by Gasteiger charge is 2.21. The zero-order valence-electron chi connectivity index (χ0n) is 27.0. The van der Waals surface area contributed by atoms with Crippen molar-refractivity contribution >= 4 is 23.4 Å². The molecule has 0 saturated carbocycles. The van der Waals surface area contributed by atoms with E-state index in [1.54, 1.807) is 36.1 Å².